The quantitative estimate of drug-likeness (QED) is 0.745. The first kappa shape index (κ1) is 18.8. The smallest absolute Gasteiger partial charge is 0.268 e. The Kier molecular flexibility index (Phi) is 5.27. The Morgan fingerprint density at radius 3 is 2.35 bits per heavy atom. The Balaban J connectivity index is 0.00000196. The van der Waals surface area contributed by atoms with Gasteiger partial charge in [0.15, 0.2) is 0 Å². The van der Waals surface area contributed by atoms with Crippen LogP contribution >= 0.6 is 12.4 Å². The molecule has 1 aliphatic rings. The maximum Gasteiger partial charge on any atom is 0.268 e. The van der Waals surface area contributed by atoms with Gasteiger partial charge < -0.3 is 10.2 Å². The Morgan fingerprint density at radius 1 is 0.962 bits per heavy atom. The Morgan fingerprint density at radius 2 is 1.65 bits per heavy atom. The van der Waals surface area contributed by atoms with Crippen LogP contribution in [0.25, 0.3) is 10.9 Å². The lowest BCUT2D eigenvalue weighted by molar-refractivity contribution is 0.588. The molecule has 2 aromatic carbocycles. The van der Waals surface area contributed by atoms with Gasteiger partial charge in [0.25, 0.3) is 10.0 Å². The number of anilines is 1. The van der Waals surface area contributed by atoms with E-state index in [0.29, 0.717) is 4.90 Å². The van der Waals surface area contributed by atoms with Crippen molar-refractivity contribution in [3.05, 3.63) is 60.3 Å². The lowest BCUT2D eigenvalue weighted by Gasteiger charge is -2.30. The summed E-state index contributed by atoms with van der Waals surface area (Å²) in [6, 6.07) is 16.5. The van der Waals surface area contributed by atoms with Gasteiger partial charge in [-0.3, -0.25) is 0 Å². The first-order valence-corrected chi connectivity index (χ1v) is 9.90. The summed E-state index contributed by atoms with van der Waals surface area (Å²) in [5, 5.41) is 4.34. The average Bonchev–Trinajstić information content (AvgIpc) is 2.99. The molecule has 2 heterocycles. The van der Waals surface area contributed by atoms with Crippen LogP contribution in [0.15, 0.2) is 59.5 Å². The van der Waals surface area contributed by atoms with Crippen molar-refractivity contribution in [1.29, 1.82) is 0 Å². The first-order valence-electron chi connectivity index (χ1n) is 8.46. The molecule has 26 heavy (non-hydrogen) atoms. The first-order chi connectivity index (χ1) is 12.1. The van der Waals surface area contributed by atoms with E-state index in [1.54, 1.807) is 24.3 Å². The summed E-state index contributed by atoms with van der Waals surface area (Å²) < 4.78 is 27.8. The predicted octanol–water partition coefficient (Wildman–Crippen LogP) is 3.02. The lowest BCUT2D eigenvalue weighted by Crippen LogP contribution is -2.43. The van der Waals surface area contributed by atoms with Crippen LogP contribution in [-0.4, -0.2) is 38.6 Å². The number of hydrogen-bond acceptors (Lipinski definition) is 4. The van der Waals surface area contributed by atoms with E-state index in [2.05, 4.69) is 16.3 Å². The monoisotopic (exact) mass is 391 g/mol. The molecule has 7 heteroatoms. The molecule has 1 saturated heterocycles. The van der Waals surface area contributed by atoms with Crippen LogP contribution in [-0.2, 0) is 10.0 Å². The Labute approximate surface area is 160 Å². The van der Waals surface area contributed by atoms with Crippen LogP contribution in [0.1, 0.15) is 5.69 Å². The molecule has 1 N–H and O–H groups in total. The van der Waals surface area contributed by atoms with E-state index < -0.39 is 10.0 Å². The third-order valence-corrected chi connectivity index (χ3v) is 6.52. The zero-order valence-corrected chi connectivity index (χ0v) is 16.2. The molecule has 0 spiro atoms. The van der Waals surface area contributed by atoms with Gasteiger partial charge in [0.2, 0.25) is 0 Å². The van der Waals surface area contributed by atoms with E-state index in [-0.39, 0.29) is 12.4 Å². The SMILES string of the molecule is Cc1cc2c(N3CCNCC3)cccc2n1S(=O)(=O)c1ccccc1.Cl. The molecule has 1 fully saturated rings. The summed E-state index contributed by atoms with van der Waals surface area (Å²) in [6.45, 7) is 5.59. The van der Waals surface area contributed by atoms with E-state index in [1.165, 1.54) is 3.97 Å². The van der Waals surface area contributed by atoms with Crippen molar-refractivity contribution < 1.29 is 8.42 Å². The number of hydrogen-bond donors (Lipinski definition) is 1. The molecule has 0 unspecified atom stereocenters. The van der Waals surface area contributed by atoms with Crippen LogP contribution in [0.5, 0.6) is 0 Å². The second-order valence-corrected chi connectivity index (χ2v) is 8.10. The molecular weight excluding hydrogens is 370 g/mol. The number of piperazine rings is 1. The number of aromatic nitrogens is 1. The van der Waals surface area contributed by atoms with Crippen molar-refractivity contribution in [3.8, 4) is 0 Å². The number of halogens is 1. The summed E-state index contributed by atoms with van der Waals surface area (Å²) in [5.74, 6) is 0. The van der Waals surface area contributed by atoms with E-state index in [0.717, 1.165) is 48.5 Å². The minimum absolute atomic E-state index is 0. The van der Waals surface area contributed by atoms with Crippen molar-refractivity contribution in [1.82, 2.24) is 9.29 Å². The highest BCUT2D eigenvalue weighted by Gasteiger charge is 2.23. The molecule has 0 atom stereocenters. The maximum absolute atomic E-state index is 13.2. The highest BCUT2D eigenvalue weighted by atomic mass is 35.5. The number of nitrogens with zero attached hydrogens (tertiary/aromatic N) is 2. The van der Waals surface area contributed by atoms with Crippen LogP contribution < -0.4 is 10.2 Å². The molecule has 1 aromatic heterocycles. The van der Waals surface area contributed by atoms with Gasteiger partial charge in [0.1, 0.15) is 0 Å². The summed E-state index contributed by atoms with van der Waals surface area (Å²) in [6.07, 6.45) is 0. The molecule has 3 aromatic rings. The zero-order valence-electron chi connectivity index (χ0n) is 14.6. The van der Waals surface area contributed by atoms with Crippen LogP contribution in [0.4, 0.5) is 5.69 Å². The van der Waals surface area contributed by atoms with Gasteiger partial charge in [0.05, 0.1) is 10.4 Å². The molecule has 0 radical (unpaired) electrons. The fraction of sp³-hybridized carbons (Fsp3) is 0.263. The van der Waals surface area contributed by atoms with Crippen molar-refractivity contribution in [2.45, 2.75) is 11.8 Å². The van der Waals surface area contributed by atoms with Crippen LogP contribution in [0, 0.1) is 6.92 Å². The zero-order chi connectivity index (χ0) is 17.4. The third-order valence-electron chi connectivity index (χ3n) is 4.69. The van der Waals surface area contributed by atoms with Crippen molar-refractivity contribution in [3.63, 3.8) is 0 Å². The second kappa shape index (κ2) is 7.31. The summed E-state index contributed by atoms with van der Waals surface area (Å²) in [5.41, 5.74) is 2.56. The largest absolute Gasteiger partial charge is 0.368 e. The highest BCUT2D eigenvalue weighted by Crippen LogP contribution is 2.32. The van der Waals surface area contributed by atoms with Crippen LogP contribution in [0.2, 0.25) is 0 Å². The molecule has 138 valence electrons. The number of rotatable bonds is 3. The molecule has 0 aliphatic carbocycles. The van der Waals surface area contributed by atoms with Gasteiger partial charge in [-0.25, -0.2) is 12.4 Å². The standard InChI is InChI=1S/C19H21N3O2S.ClH/c1-15-14-17-18(21-12-10-20-11-13-21)8-5-9-19(17)22(15)25(23,24)16-6-3-2-4-7-16;/h2-9,14,20H,10-13H2,1H3;1H. The van der Waals surface area contributed by atoms with Gasteiger partial charge in [-0.15, -0.1) is 12.4 Å². The lowest BCUT2D eigenvalue weighted by atomic mass is 10.2. The number of benzene rings is 2. The minimum atomic E-state index is -3.61. The molecule has 0 amide bonds. The summed E-state index contributed by atoms with van der Waals surface area (Å²) in [7, 11) is -3.61. The van der Waals surface area contributed by atoms with E-state index in [1.807, 2.05) is 31.2 Å². The average molecular weight is 392 g/mol. The van der Waals surface area contributed by atoms with Gasteiger partial charge in [0, 0.05) is 42.9 Å². The fourth-order valence-electron chi connectivity index (χ4n) is 3.52. The van der Waals surface area contributed by atoms with E-state index in [4.69, 9.17) is 0 Å². The third kappa shape index (κ3) is 3.09. The number of aryl methyl sites for hydroxylation is 1. The summed E-state index contributed by atoms with van der Waals surface area (Å²) >= 11 is 0. The molecule has 4 rings (SSSR count). The highest BCUT2D eigenvalue weighted by molar-refractivity contribution is 7.90. The topological polar surface area (TPSA) is 54.3 Å². The Bertz CT molecular complexity index is 1010. The van der Waals surface area contributed by atoms with Crippen molar-refractivity contribution in [2.75, 3.05) is 31.1 Å². The molecule has 0 saturated carbocycles. The van der Waals surface area contributed by atoms with Gasteiger partial charge in [-0.05, 0) is 37.3 Å². The number of nitrogens with one attached hydrogen (secondary N) is 1. The predicted molar refractivity (Wildman–Crippen MR) is 108 cm³/mol. The van der Waals surface area contributed by atoms with Crippen LogP contribution in [0.3, 0.4) is 0 Å². The minimum Gasteiger partial charge on any atom is -0.368 e. The molecule has 1 aliphatic heterocycles. The van der Waals surface area contributed by atoms with Gasteiger partial charge in [-0.1, -0.05) is 24.3 Å². The number of fused-ring (bicyclic) bond motifs is 1. The van der Waals surface area contributed by atoms with Crippen molar-refractivity contribution >= 4 is 39.0 Å². The molecule has 0 bridgehead atoms. The maximum atomic E-state index is 13.2. The van der Waals surface area contributed by atoms with Gasteiger partial charge in [-0.2, -0.15) is 0 Å². The molecule has 5 nitrogen and oxygen atoms in total. The van der Waals surface area contributed by atoms with Crippen molar-refractivity contribution in [2.24, 2.45) is 0 Å². The van der Waals surface area contributed by atoms with Gasteiger partial charge >= 0.3 is 0 Å². The summed E-state index contributed by atoms with van der Waals surface area (Å²) in [4.78, 5) is 2.63. The van der Waals surface area contributed by atoms with E-state index >= 15 is 0 Å². The second-order valence-electron chi connectivity index (χ2n) is 6.32. The fourth-order valence-corrected chi connectivity index (χ4v) is 5.08. The van der Waals surface area contributed by atoms with E-state index in [9.17, 15) is 8.42 Å². The Hall–Kier alpha value is -2.02. The molecular formula is C19H22ClN3O2S. The normalized spacial score (nSPS) is 15.0.